The molecule has 1 saturated heterocycles. The van der Waals surface area contributed by atoms with E-state index in [1.54, 1.807) is 20.8 Å². The van der Waals surface area contributed by atoms with Crippen LogP contribution in [0.3, 0.4) is 0 Å². The number of nitrogens with one attached hydrogen (secondary N) is 1. The van der Waals surface area contributed by atoms with Crippen LogP contribution in [-0.4, -0.2) is 121 Å². The van der Waals surface area contributed by atoms with E-state index in [4.69, 9.17) is 26.6 Å². The van der Waals surface area contributed by atoms with E-state index in [1.807, 2.05) is 20.8 Å². The van der Waals surface area contributed by atoms with Gasteiger partial charge in [0.1, 0.15) is 5.67 Å². The molecule has 1 heterocycles. The number of hydrogen-bond donors (Lipinski definition) is 3. The molecule has 0 aromatic heterocycles. The van der Waals surface area contributed by atoms with Crippen molar-refractivity contribution in [3.05, 3.63) is 69.8 Å². The number of carboxylic acids is 2. The molecule has 0 bridgehead atoms. The highest BCUT2D eigenvalue weighted by molar-refractivity contribution is 6.63. The molecule has 0 aliphatic carbocycles. The maximum Gasteiger partial charge on any atom is 0.524 e. The number of rotatable bonds is 23. The molecule has 2 aromatic rings. The van der Waals surface area contributed by atoms with E-state index >= 15 is 0 Å². The summed E-state index contributed by atoms with van der Waals surface area (Å²) in [6.07, 6.45) is 1.00. The highest BCUT2D eigenvalue weighted by Crippen LogP contribution is 2.32. The van der Waals surface area contributed by atoms with E-state index in [0.29, 0.717) is 65.1 Å². The fourth-order valence-corrected chi connectivity index (χ4v) is 11.8. The van der Waals surface area contributed by atoms with Gasteiger partial charge in [-0.1, -0.05) is 12.1 Å². The molecular weight excluding hydrogens is 713 g/mol. The summed E-state index contributed by atoms with van der Waals surface area (Å²) in [5, 5.41) is 22.7. The number of hydrogen-bond acceptors (Lipinski definition) is 11. The standard InChI is InChI=1S/C35H50N2O13Si2/c1-7-45-51(46-8-2,47-9-3)21-13-19-36-32(39)26-16-14-24(22-28(26)34(41)42)31(38)25-15-17-27(29(23-25)35(43)44)33(40)37-20-18-30(37)52(48-10-4,49-11-5)50-12-6/h14-17,22-23,30H,7-13,18-21H2,1-6H3,(H,36,39)(H,41,42)(H,43,44). The third-order valence-corrected chi connectivity index (χ3v) is 14.9. The van der Waals surface area contributed by atoms with Gasteiger partial charge in [0.2, 0.25) is 0 Å². The third-order valence-electron chi connectivity index (χ3n) is 8.26. The van der Waals surface area contributed by atoms with Crippen molar-refractivity contribution in [1.82, 2.24) is 10.2 Å². The van der Waals surface area contributed by atoms with Crippen LogP contribution in [0.2, 0.25) is 6.04 Å². The Balaban J connectivity index is 1.82. The Labute approximate surface area is 306 Å². The molecule has 1 aliphatic rings. The second-order valence-electron chi connectivity index (χ2n) is 11.5. The molecule has 1 unspecified atom stereocenters. The number of nitrogens with zero attached hydrogens (tertiary/aromatic N) is 1. The smallest absolute Gasteiger partial charge is 0.478 e. The lowest BCUT2D eigenvalue weighted by molar-refractivity contribution is 0.00619. The zero-order valence-corrected chi connectivity index (χ0v) is 32.7. The van der Waals surface area contributed by atoms with Crippen molar-refractivity contribution in [2.24, 2.45) is 0 Å². The quantitative estimate of drug-likeness (QED) is 0.0825. The number of carboxylic acid groups (broad SMARTS) is 2. The van der Waals surface area contributed by atoms with E-state index in [2.05, 4.69) is 5.32 Å². The van der Waals surface area contributed by atoms with Crippen LogP contribution in [0.25, 0.3) is 0 Å². The van der Waals surface area contributed by atoms with Gasteiger partial charge in [0.05, 0.1) is 22.3 Å². The molecule has 0 spiro atoms. The molecule has 17 heteroatoms. The molecule has 286 valence electrons. The lowest BCUT2D eigenvalue weighted by Crippen LogP contribution is -2.69. The van der Waals surface area contributed by atoms with Crippen LogP contribution in [0.5, 0.6) is 0 Å². The van der Waals surface area contributed by atoms with Gasteiger partial charge in [-0.3, -0.25) is 14.4 Å². The van der Waals surface area contributed by atoms with Crippen LogP contribution < -0.4 is 5.32 Å². The second-order valence-corrected chi connectivity index (χ2v) is 17.0. The molecule has 2 aromatic carbocycles. The predicted octanol–water partition coefficient (Wildman–Crippen LogP) is 4.28. The zero-order valence-electron chi connectivity index (χ0n) is 30.7. The van der Waals surface area contributed by atoms with Gasteiger partial charge in [0, 0.05) is 69.9 Å². The highest BCUT2D eigenvalue weighted by Gasteiger charge is 2.57. The number of carbonyl (C=O) groups excluding carboxylic acids is 3. The van der Waals surface area contributed by atoms with Crippen molar-refractivity contribution in [3.63, 3.8) is 0 Å². The summed E-state index contributed by atoms with van der Waals surface area (Å²) in [5.74, 6) is -4.79. The number of likely N-dealkylation sites (tertiary alicyclic amines) is 1. The zero-order chi connectivity index (χ0) is 38.5. The molecule has 1 aliphatic heterocycles. The monoisotopic (exact) mass is 762 g/mol. The number of aromatic carboxylic acids is 2. The molecular formula is C35H50N2O13Si2. The van der Waals surface area contributed by atoms with Crippen LogP contribution >= 0.6 is 0 Å². The average Bonchev–Trinajstić information content (AvgIpc) is 3.09. The number of benzene rings is 2. The number of amides is 2. The van der Waals surface area contributed by atoms with Crippen molar-refractivity contribution in [3.8, 4) is 0 Å². The fraction of sp³-hybridized carbons (Fsp3) is 0.514. The number of ketones is 1. The average molecular weight is 763 g/mol. The first-order valence-electron chi connectivity index (χ1n) is 17.6. The first-order chi connectivity index (χ1) is 24.9. The molecule has 52 heavy (non-hydrogen) atoms. The molecule has 3 rings (SSSR count). The largest absolute Gasteiger partial charge is 0.524 e. The lowest BCUT2D eigenvalue weighted by Gasteiger charge is -2.47. The summed E-state index contributed by atoms with van der Waals surface area (Å²) in [5.41, 5.74) is -1.80. The van der Waals surface area contributed by atoms with E-state index in [1.165, 1.54) is 29.2 Å². The maximum atomic E-state index is 13.7. The minimum Gasteiger partial charge on any atom is -0.478 e. The molecule has 3 N–H and O–H groups in total. The van der Waals surface area contributed by atoms with Gasteiger partial charge in [-0.2, -0.15) is 0 Å². The van der Waals surface area contributed by atoms with Crippen molar-refractivity contribution in [2.45, 2.75) is 66.1 Å². The van der Waals surface area contributed by atoms with Crippen LogP contribution in [0.15, 0.2) is 36.4 Å². The molecule has 15 nitrogen and oxygen atoms in total. The summed E-state index contributed by atoms with van der Waals surface area (Å²) in [6, 6.07) is 7.70. The summed E-state index contributed by atoms with van der Waals surface area (Å²) in [4.78, 5) is 66.4. The first kappa shape index (κ1) is 42.6. The fourth-order valence-electron chi connectivity index (χ4n) is 6.05. The summed E-state index contributed by atoms with van der Waals surface area (Å²) in [6.45, 7) is 13.6. The van der Waals surface area contributed by atoms with Gasteiger partial charge >= 0.3 is 29.5 Å². The Kier molecular flexibility index (Phi) is 16.3. The Bertz CT molecular complexity index is 1550. The molecule has 1 fully saturated rings. The van der Waals surface area contributed by atoms with E-state index in [9.17, 15) is 34.2 Å². The molecule has 0 radical (unpaired) electrons. The second kappa shape index (κ2) is 19.9. The number of carbonyl (C=O) groups is 5. The van der Waals surface area contributed by atoms with Gasteiger partial charge in [-0.05, 0) is 78.6 Å². The van der Waals surface area contributed by atoms with Crippen LogP contribution in [0.1, 0.15) is 112 Å². The van der Waals surface area contributed by atoms with Gasteiger partial charge in [0.15, 0.2) is 5.78 Å². The van der Waals surface area contributed by atoms with Gasteiger partial charge < -0.3 is 47.0 Å². The van der Waals surface area contributed by atoms with E-state index < -0.39 is 63.9 Å². The normalized spacial score (nSPS) is 14.5. The van der Waals surface area contributed by atoms with Crippen LogP contribution in [0, 0.1) is 0 Å². The van der Waals surface area contributed by atoms with E-state index in [-0.39, 0.29) is 28.8 Å². The molecule has 2 amide bonds. The SMILES string of the molecule is CCO[Si](CCCNC(=O)c1ccc(C(=O)c2ccc(C(=O)N3CCC3[Si](OCC)(OCC)OCC)c(C(=O)O)c2)cc1C(=O)O)(OCC)OCC. The maximum absolute atomic E-state index is 13.7. The van der Waals surface area contributed by atoms with Gasteiger partial charge in [-0.15, -0.1) is 0 Å². The van der Waals surface area contributed by atoms with E-state index in [0.717, 1.165) is 12.1 Å². The van der Waals surface area contributed by atoms with Gasteiger partial charge in [-0.25, -0.2) is 9.59 Å². The van der Waals surface area contributed by atoms with Crippen molar-refractivity contribution >= 4 is 47.1 Å². The Hall–Kier alpha value is -3.82. The third kappa shape index (κ3) is 9.98. The van der Waals surface area contributed by atoms with Crippen molar-refractivity contribution in [2.75, 3.05) is 52.7 Å². The van der Waals surface area contributed by atoms with Gasteiger partial charge in [0.25, 0.3) is 11.8 Å². The minimum atomic E-state index is -3.33. The first-order valence-corrected chi connectivity index (χ1v) is 21.3. The van der Waals surface area contributed by atoms with Crippen molar-refractivity contribution < 1.29 is 60.7 Å². The molecule has 1 atom stereocenters. The molecule has 0 saturated carbocycles. The predicted molar refractivity (Wildman–Crippen MR) is 193 cm³/mol. The minimum absolute atomic E-state index is 0.0881. The lowest BCUT2D eigenvalue weighted by atomic mass is 9.94. The highest BCUT2D eigenvalue weighted by atomic mass is 28.4. The summed E-state index contributed by atoms with van der Waals surface area (Å²) >= 11 is 0. The summed E-state index contributed by atoms with van der Waals surface area (Å²) < 4.78 is 35.4. The van der Waals surface area contributed by atoms with Crippen LogP contribution in [-0.2, 0) is 26.6 Å². The van der Waals surface area contributed by atoms with Crippen LogP contribution in [0.4, 0.5) is 0 Å². The van der Waals surface area contributed by atoms with Crippen molar-refractivity contribution in [1.29, 1.82) is 0 Å². The summed E-state index contributed by atoms with van der Waals surface area (Å²) in [7, 11) is -6.26. The Morgan fingerprint density at radius 2 is 1.15 bits per heavy atom. The topological polar surface area (TPSA) is 196 Å². The Morgan fingerprint density at radius 3 is 1.58 bits per heavy atom. The Morgan fingerprint density at radius 1 is 0.692 bits per heavy atom.